The van der Waals surface area contributed by atoms with Gasteiger partial charge in [0.1, 0.15) is 21.1 Å². The molecule has 1 aromatic carbocycles. The molecule has 0 saturated carbocycles. The van der Waals surface area contributed by atoms with E-state index in [0.717, 1.165) is 53.8 Å². The van der Waals surface area contributed by atoms with Crippen LogP contribution in [0.1, 0.15) is 5.01 Å². The Labute approximate surface area is 150 Å². The number of piperazine rings is 1. The molecule has 1 N–H and O–H groups in total. The molecule has 0 aliphatic carbocycles. The first kappa shape index (κ1) is 16.1. The number of thiazole rings is 1. The first-order chi connectivity index (χ1) is 12.2. The Bertz CT molecular complexity index is 857. The number of hydrogen-bond acceptors (Lipinski definition) is 7. The predicted molar refractivity (Wildman–Crippen MR) is 99.6 cm³/mol. The lowest BCUT2D eigenvalue weighted by Gasteiger charge is -2.35. The van der Waals surface area contributed by atoms with Gasteiger partial charge >= 0.3 is 0 Å². The van der Waals surface area contributed by atoms with Crippen LogP contribution in [0.15, 0.2) is 36.4 Å². The molecule has 1 fully saturated rings. The zero-order valence-corrected chi connectivity index (χ0v) is 14.9. The van der Waals surface area contributed by atoms with E-state index in [1.165, 1.54) is 0 Å². The Morgan fingerprint density at radius 2 is 1.80 bits per heavy atom. The van der Waals surface area contributed by atoms with Crippen LogP contribution in [0.2, 0.25) is 0 Å². The number of aromatic hydroxyl groups is 1. The highest BCUT2D eigenvalue weighted by Crippen LogP contribution is 2.25. The summed E-state index contributed by atoms with van der Waals surface area (Å²) in [6.45, 7) is 4.79. The van der Waals surface area contributed by atoms with Crippen LogP contribution in [0.4, 0.5) is 5.69 Å². The SMILES string of the molecule is COc1ccc2nc(CN3CCN(c4ccc(O)cc4)CC3)sc2n1. The van der Waals surface area contributed by atoms with Crippen LogP contribution in [0.3, 0.4) is 0 Å². The summed E-state index contributed by atoms with van der Waals surface area (Å²) in [7, 11) is 1.63. The Morgan fingerprint density at radius 1 is 1.04 bits per heavy atom. The Morgan fingerprint density at radius 3 is 2.52 bits per heavy atom. The van der Waals surface area contributed by atoms with Crippen molar-refractivity contribution in [2.75, 3.05) is 38.2 Å². The molecular weight excluding hydrogens is 336 g/mol. The second-order valence-electron chi connectivity index (χ2n) is 6.07. The molecule has 3 aromatic rings. The molecule has 1 aliphatic rings. The smallest absolute Gasteiger partial charge is 0.214 e. The lowest BCUT2D eigenvalue weighted by molar-refractivity contribution is 0.249. The van der Waals surface area contributed by atoms with Gasteiger partial charge in [0.15, 0.2) is 0 Å². The van der Waals surface area contributed by atoms with Crippen molar-refractivity contribution in [1.82, 2.24) is 14.9 Å². The zero-order valence-electron chi connectivity index (χ0n) is 14.1. The summed E-state index contributed by atoms with van der Waals surface area (Å²) in [6.07, 6.45) is 0. The van der Waals surface area contributed by atoms with E-state index in [0.29, 0.717) is 11.6 Å². The number of benzene rings is 1. The molecule has 1 aliphatic heterocycles. The predicted octanol–water partition coefficient (Wildman–Crippen LogP) is 2.73. The fourth-order valence-electron chi connectivity index (χ4n) is 3.05. The van der Waals surface area contributed by atoms with Crippen LogP contribution in [0, 0.1) is 0 Å². The molecule has 6 nitrogen and oxygen atoms in total. The third-order valence-corrected chi connectivity index (χ3v) is 5.38. The third-order valence-electron chi connectivity index (χ3n) is 4.43. The fourth-order valence-corrected chi connectivity index (χ4v) is 4.01. The van der Waals surface area contributed by atoms with E-state index < -0.39 is 0 Å². The van der Waals surface area contributed by atoms with Crippen molar-refractivity contribution in [2.24, 2.45) is 0 Å². The van der Waals surface area contributed by atoms with Crippen molar-refractivity contribution >= 4 is 27.4 Å². The van der Waals surface area contributed by atoms with E-state index >= 15 is 0 Å². The highest BCUT2D eigenvalue weighted by atomic mass is 32.1. The van der Waals surface area contributed by atoms with E-state index in [1.807, 2.05) is 24.3 Å². The van der Waals surface area contributed by atoms with Crippen LogP contribution in [0.25, 0.3) is 10.3 Å². The second kappa shape index (κ2) is 6.85. The van der Waals surface area contributed by atoms with Crippen molar-refractivity contribution in [3.8, 4) is 11.6 Å². The van der Waals surface area contributed by atoms with Crippen LogP contribution < -0.4 is 9.64 Å². The summed E-state index contributed by atoms with van der Waals surface area (Å²) < 4.78 is 5.18. The van der Waals surface area contributed by atoms with Crippen LogP contribution in [-0.4, -0.2) is 53.3 Å². The maximum absolute atomic E-state index is 9.41. The number of phenols is 1. The Balaban J connectivity index is 1.39. The summed E-state index contributed by atoms with van der Waals surface area (Å²) in [5, 5.41) is 10.5. The second-order valence-corrected chi connectivity index (χ2v) is 7.13. The van der Waals surface area contributed by atoms with E-state index in [-0.39, 0.29) is 0 Å². The minimum absolute atomic E-state index is 0.309. The van der Waals surface area contributed by atoms with E-state index in [2.05, 4.69) is 19.8 Å². The number of fused-ring (bicyclic) bond motifs is 1. The summed E-state index contributed by atoms with van der Waals surface area (Å²) in [5.74, 6) is 0.939. The van der Waals surface area contributed by atoms with Crippen molar-refractivity contribution in [3.05, 3.63) is 41.4 Å². The molecule has 7 heteroatoms. The van der Waals surface area contributed by atoms with Crippen LogP contribution >= 0.6 is 11.3 Å². The van der Waals surface area contributed by atoms with Gasteiger partial charge in [0.05, 0.1) is 13.7 Å². The molecule has 1 saturated heterocycles. The molecule has 0 bridgehead atoms. The molecule has 0 radical (unpaired) electrons. The maximum Gasteiger partial charge on any atom is 0.214 e. The van der Waals surface area contributed by atoms with Crippen molar-refractivity contribution in [2.45, 2.75) is 6.54 Å². The minimum atomic E-state index is 0.309. The molecule has 0 amide bonds. The quantitative estimate of drug-likeness (QED) is 0.776. The molecule has 2 aromatic heterocycles. The number of pyridine rings is 1. The number of methoxy groups -OCH3 is 1. The standard InChI is InChI=1S/C18H20N4O2S/c1-24-16-7-6-15-18(20-16)25-17(19-15)12-21-8-10-22(11-9-21)13-2-4-14(23)5-3-13/h2-7,23H,8-12H2,1H3. The average Bonchev–Trinajstić information content (AvgIpc) is 3.04. The molecule has 3 heterocycles. The molecule has 0 unspecified atom stereocenters. The van der Waals surface area contributed by atoms with Gasteiger partial charge in [0.2, 0.25) is 5.88 Å². The van der Waals surface area contributed by atoms with Gasteiger partial charge < -0.3 is 14.7 Å². The third kappa shape index (κ3) is 3.52. The van der Waals surface area contributed by atoms with Crippen molar-refractivity contribution in [1.29, 1.82) is 0 Å². The minimum Gasteiger partial charge on any atom is -0.508 e. The molecule has 0 atom stereocenters. The molecular formula is C18H20N4O2S. The molecule has 25 heavy (non-hydrogen) atoms. The van der Waals surface area contributed by atoms with Crippen LogP contribution in [-0.2, 0) is 6.54 Å². The number of hydrogen-bond donors (Lipinski definition) is 1. The Kier molecular flexibility index (Phi) is 4.42. The number of nitrogens with zero attached hydrogens (tertiary/aromatic N) is 4. The van der Waals surface area contributed by atoms with Gasteiger partial charge in [-0.05, 0) is 30.3 Å². The van der Waals surface area contributed by atoms with Gasteiger partial charge in [-0.25, -0.2) is 9.97 Å². The number of ether oxygens (including phenoxy) is 1. The van der Waals surface area contributed by atoms with Gasteiger partial charge in [0.25, 0.3) is 0 Å². The van der Waals surface area contributed by atoms with E-state index in [9.17, 15) is 5.11 Å². The first-order valence-corrected chi connectivity index (χ1v) is 9.10. The molecule has 4 rings (SSSR count). The normalized spacial score (nSPS) is 15.6. The highest BCUT2D eigenvalue weighted by molar-refractivity contribution is 7.18. The van der Waals surface area contributed by atoms with Crippen LogP contribution in [0.5, 0.6) is 11.6 Å². The van der Waals surface area contributed by atoms with Gasteiger partial charge in [-0.3, -0.25) is 4.90 Å². The molecule has 130 valence electrons. The highest BCUT2D eigenvalue weighted by Gasteiger charge is 2.19. The van der Waals surface area contributed by atoms with Gasteiger partial charge in [0, 0.05) is 37.9 Å². The van der Waals surface area contributed by atoms with Gasteiger partial charge in [-0.2, -0.15) is 0 Å². The van der Waals surface area contributed by atoms with E-state index in [1.54, 1.807) is 30.6 Å². The van der Waals surface area contributed by atoms with Crippen molar-refractivity contribution < 1.29 is 9.84 Å². The lowest BCUT2D eigenvalue weighted by atomic mass is 10.2. The molecule has 0 spiro atoms. The van der Waals surface area contributed by atoms with Gasteiger partial charge in [-0.1, -0.05) is 11.3 Å². The van der Waals surface area contributed by atoms with E-state index in [4.69, 9.17) is 4.74 Å². The number of aromatic nitrogens is 2. The average molecular weight is 356 g/mol. The summed E-state index contributed by atoms with van der Waals surface area (Å²) in [5.41, 5.74) is 2.09. The summed E-state index contributed by atoms with van der Waals surface area (Å²) in [4.78, 5) is 14.8. The monoisotopic (exact) mass is 356 g/mol. The number of anilines is 1. The maximum atomic E-state index is 9.41. The lowest BCUT2D eigenvalue weighted by Crippen LogP contribution is -2.45. The number of phenolic OH excluding ortho intramolecular Hbond substituents is 1. The summed E-state index contributed by atoms with van der Waals surface area (Å²) >= 11 is 1.63. The summed E-state index contributed by atoms with van der Waals surface area (Å²) in [6, 6.07) is 11.2. The van der Waals surface area contributed by atoms with Crippen molar-refractivity contribution in [3.63, 3.8) is 0 Å². The van der Waals surface area contributed by atoms with Gasteiger partial charge in [-0.15, -0.1) is 0 Å². The zero-order chi connectivity index (χ0) is 17.2. The topological polar surface area (TPSA) is 61.7 Å². The first-order valence-electron chi connectivity index (χ1n) is 8.28. The number of rotatable bonds is 4. The fraction of sp³-hybridized carbons (Fsp3) is 0.333. The largest absolute Gasteiger partial charge is 0.508 e. The Hall–Kier alpha value is -2.38.